The van der Waals surface area contributed by atoms with E-state index in [0.717, 1.165) is 69.8 Å². The van der Waals surface area contributed by atoms with Gasteiger partial charge in [0.25, 0.3) is 5.91 Å². The summed E-state index contributed by atoms with van der Waals surface area (Å²) < 4.78 is 5.77. The molecular formula is C37H50N2O4. The molecule has 1 atom stereocenters. The Bertz CT molecular complexity index is 1160. The van der Waals surface area contributed by atoms with Crippen LogP contribution in [0.1, 0.15) is 90.0 Å². The van der Waals surface area contributed by atoms with E-state index in [0.29, 0.717) is 19.5 Å². The highest BCUT2D eigenvalue weighted by Gasteiger charge is 2.43. The topological polar surface area (TPSA) is 84.5 Å². The van der Waals surface area contributed by atoms with Gasteiger partial charge in [0.1, 0.15) is 0 Å². The average molecular weight is 587 g/mol. The first-order chi connectivity index (χ1) is 21.0. The molecule has 43 heavy (non-hydrogen) atoms. The Kier molecular flexibility index (Phi) is 17.8. The van der Waals surface area contributed by atoms with Crippen molar-refractivity contribution in [2.45, 2.75) is 90.1 Å². The molecule has 0 aliphatic carbocycles. The van der Waals surface area contributed by atoms with E-state index < -0.39 is 5.60 Å². The molecule has 1 aliphatic rings. The minimum atomic E-state index is -1.17. The van der Waals surface area contributed by atoms with Crippen LogP contribution in [0.2, 0.25) is 0 Å². The number of rotatable bonds is 21. The summed E-state index contributed by atoms with van der Waals surface area (Å²) in [5.74, 6) is -0.489. The zero-order valence-corrected chi connectivity index (χ0v) is 26.1. The monoisotopic (exact) mass is 586 g/mol. The quantitative estimate of drug-likeness (QED) is 0.114. The van der Waals surface area contributed by atoms with Crippen LogP contribution < -0.4 is 10.6 Å². The van der Waals surface area contributed by atoms with E-state index in [1.54, 1.807) is 6.92 Å². The van der Waals surface area contributed by atoms with Crippen LogP contribution in [0, 0.1) is 0 Å². The molecule has 1 aromatic rings. The third-order valence-corrected chi connectivity index (χ3v) is 6.99. The number of benzene rings is 1. The van der Waals surface area contributed by atoms with Gasteiger partial charge in [-0.15, -0.1) is 0 Å². The first-order valence-corrected chi connectivity index (χ1v) is 15.8. The third-order valence-electron chi connectivity index (χ3n) is 6.99. The minimum absolute atomic E-state index is 0.0493. The summed E-state index contributed by atoms with van der Waals surface area (Å²) in [7, 11) is 0. The number of hydrogen-bond acceptors (Lipinski definition) is 4. The van der Waals surface area contributed by atoms with Gasteiger partial charge in [-0.25, -0.2) is 0 Å². The van der Waals surface area contributed by atoms with Crippen LogP contribution in [-0.2, 0) is 24.7 Å². The lowest BCUT2D eigenvalue weighted by Gasteiger charge is -2.23. The van der Waals surface area contributed by atoms with Crippen molar-refractivity contribution in [2.75, 3.05) is 13.1 Å². The van der Waals surface area contributed by atoms with Crippen molar-refractivity contribution in [3.05, 3.63) is 108 Å². The second-order valence-corrected chi connectivity index (χ2v) is 10.6. The molecule has 1 aliphatic heterocycles. The van der Waals surface area contributed by atoms with Gasteiger partial charge in [0.15, 0.2) is 11.4 Å². The molecule has 232 valence electrons. The zero-order valence-electron chi connectivity index (χ0n) is 26.1. The molecular weight excluding hydrogens is 536 g/mol. The molecule has 6 heteroatoms. The van der Waals surface area contributed by atoms with E-state index in [-0.39, 0.29) is 23.4 Å². The molecule has 0 saturated carbocycles. The standard InChI is InChI=1S/C37H50N2O4/c1-3-4-5-6-7-8-9-10-11-12-13-14-15-16-17-18-23-28-35(41)38-29-24-20-25-30-39-36(42)33-31-34(40)37(2,43-33)32-26-21-19-22-27-32/h4-5,7-8,10-11,13-14,16-17,19,21-22,26-27,31H,3,6,9,12,15,18,20,23-25,28-30H2,1-2H3,(H,38,41)(H,39,42)/b5-4-,8-7-,11-10-,14-13-,17-16-. The maximum atomic E-state index is 12.5. The molecule has 1 unspecified atom stereocenters. The average Bonchev–Trinajstić information content (AvgIpc) is 3.33. The second kappa shape index (κ2) is 21.7. The van der Waals surface area contributed by atoms with E-state index in [4.69, 9.17) is 4.74 Å². The second-order valence-electron chi connectivity index (χ2n) is 10.6. The van der Waals surface area contributed by atoms with Crippen molar-refractivity contribution < 1.29 is 19.1 Å². The Morgan fingerprint density at radius 2 is 1.30 bits per heavy atom. The zero-order chi connectivity index (χ0) is 31.0. The van der Waals surface area contributed by atoms with Crippen molar-refractivity contribution in [3.8, 4) is 0 Å². The summed E-state index contributed by atoms with van der Waals surface area (Å²) in [5, 5.41) is 5.79. The SMILES string of the molecule is CC/C=C\C/C=C\C/C=C\C/C=C\C/C=C\CCCC(=O)NCCCCCNC(=O)C1=CC(=O)C(C)(c2ccccc2)O1. The van der Waals surface area contributed by atoms with Gasteiger partial charge in [-0.3, -0.25) is 14.4 Å². The highest BCUT2D eigenvalue weighted by Crippen LogP contribution is 2.34. The fraction of sp³-hybridized carbons (Fsp3) is 0.432. The molecule has 1 aromatic carbocycles. The van der Waals surface area contributed by atoms with Crippen LogP contribution in [0.25, 0.3) is 0 Å². The molecule has 0 spiro atoms. The van der Waals surface area contributed by atoms with Gasteiger partial charge in [0.2, 0.25) is 11.7 Å². The lowest BCUT2D eigenvalue weighted by molar-refractivity contribution is -0.132. The summed E-state index contributed by atoms with van der Waals surface area (Å²) in [6, 6.07) is 9.18. The van der Waals surface area contributed by atoms with Gasteiger partial charge >= 0.3 is 0 Å². The minimum Gasteiger partial charge on any atom is -0.469 e. The fourth-order valence-electron chi connectivity index (χ4n) is 4.41. The number of allylic oxidation sites excluding steroid dienone is 10. The number of hydrogen-bond donors (Lipinski definition) is 2. The van der Waals surface area contributed by atoms with Crippen molar-refractivity contribution in [1.82, 2.24) is 10.6 Å². The highest BCUT2D eigenvalue weighted by molar-refractivity contribution is 6.07. The van der Waals surface area contributed by atoms with Crippen molar-refractivity contribution in [1.29, 1.82) is 0 Å². The van der Waals surface area contributed by atoms with Crippen molar-refractivity contribution in [3.63, 3.8) is 0 Å². The largest absolute Gasteiger partial charge is 0.469 e. The van der Waals surface area contributed by atoms with Gasteiger partial charge in [-0.1, -0.05) is 98.0 Å². The summed E-state index contributed by atoms with van der Waals surface area (Å²) in [6.07, 6.45) is 32.8. The van der Waals surface area contributed by atoms with E-state index in [2.05, 4.69) is 78.3 Å². The van der Waals surface area contributed by atoms with Crippen LogP contribution in [0.3, 0.4) is 0 Å². The number of unbranched alkanes of at least 4 members (excludes halogenated alkanes) is 3. The molecule has 2 rings (SSSR count). The number of carbonyl (C=O) groups excluding carboxylic acids is 3. The van der Waals surface area contributed by atoms with Crippen LogP contribution in [0.4, 0.5) is 0 Å². The molecule has 0 aromatic heterocycles. The molecule has 0 radical (unpaired) electrons. The Morgan fingerprint density at radius 3 is 1.91 bits per heavy atom. The summed E-state index contributed by atoms with van der Waals surface area (Å²) in [6.45, 7) is 4.94. The van der Waals surface area contributed by atoms with Gasteiger partial charge < -0.3 is 15.4 Å². The molecule has 2 amide bonds. The molecule has 0 bridgehead atoms. The predicted octanol–water partition coefficient (Wildman–Crippen LogP) is 7.71. The molecule has 2 N–H and O–H groups in total. The van der Waals surface area contributed by atoms with Crippen molar-refractivity contribution >= 4 is 17.6 Å². The fourth-order valence-corrected chi connectivity index (χ4v) is 4.41. The smallest absolute Gasteiger partial charge is 0.286 e. The van der Waals surface area contributed by atoms with Crippen LogP contribution in [-0.4, -0.2) is 30.7 Å². The number of amides is 2. The molecule has 1 heterocycles. The van der Waals surface area contributed by atoms with Crippen molar-refractivity contribution in [2.24, 2.45) is 0 Å². The molecule has 0 saturated heterocycles. The molecule has 0 fully saturated rings. The highest BCUT2D eigenvalue weighted by atomic mass is 16.5. The first-order valence-electron chi connectivity index (χ1n) is 15.8. The van der Waals surface area contributed by atoms with Gasteiger partial charge in [0, 0.05) is 31.1 Å². The third kappa shape index (κ3) is 14.7. The number of carbonyl (C=O) groups is 3. The summed E-state index contributed by atoms with van der Waals surface area (Å²) >= 11 is 0. The Hall–Kier alpha value is -3.93. The first kappa shape index (κ1) is 35.3. The Labute approximate surface area is 258 Å². The lowest BCUT2D eigenvalue weighted by Crippen LogP contribution is -2.32. The van der Waals surface area contributed by atoms with Gasteiger partial charge in [-0.05, 0) is 71.1 Å². The maximum absolute atomic E-state index is 12.5. The number of ether oxygens (including phenoxy) is 1. The van der Waals surface area contributed by atoms with Crippen LogP contribution in [0.5, 0.6) is 0 Å². The van der Waals surface area contributed by atoms with Crippen LogP contribution >= 0.6 is 0 Å². The number of ketones is 1. The Balaban J connectivity index is 1.42. The maximum Gasteiger partial charge on any atom is 0.286 e. The van der Waals surface area contributed by atoms with E-state index in [9.17, 15) is 14.4 Å². The molecule has 6 nitrogen and oxygen atoms in total. The van der Waals surface area contributed by atoms with Gasteiger partial charge in [-0.2, -0.15) is 0 Å². The van der Waals surface area contributed by atoms with E-state index in [1.807, 2.05) is 30.3 Å². The number of nitrogens with one attached hydrogen (secondary N) is 2. The lowest BCUT2D eigenvalue weighted by atomic mass is 9.92. The van der Waals surface area contributed by atoms with E-state index >= 15 is 0 Å². The Morgan fingerprint density at radius 1 is 0.744 bits per heavy atom. The summed E-state index contributed by atoms with van der Waals surface area (Å²) in [4.78, 5) is 37.0. The van der Waals surface area contributed by atoms with E-state index in [1.165, 1.54) is 6.08 Å². The normalized spacial score (nSPS) is 17.1. The summed E-state index contributed by atoms with van der Waals surface area (Å²) in [5.41, 5.74) is -0.448. The van der Waals surface area contributed by atoms with Gasteiger partial charge in [0.05, 0.1) is 0 Å². The van der Waals surface area contributed by atoms with Crippen LogP contribution in [0.15, 0.2) is 103 Å². The predicted molar refractivity (Wildman–Crippen MR) is 176 cm³/mol.